The van der Waals surface area contributed by atoms with Crippen LogP contribution < -0.4 is 16.4 Å². The summed E-state index contributed by atoms with van der Waals surface area (Å²) in [4.78, 5) is 52.9. The van der Waals surface area contributed by atoms with Gasteiger partial charge in [0.05, 0.1) is 12.1 Å². The molecule has 3 amide bonds. The molecule has 1 saturated carbocycles. The van der Waals surface area contributed by atoms with Gasteiger partial charge >= 0.3 is 0 Å². The molecule has 0 aromatic heterocycles. The lowest BCUT2D eigenvalue weighted by atomic mass is 9.86. The van der Waals surface area contributed by atoms with Crippen LogP contribution in [0.4, 0.5) is 0 Å². The number of halogens is 1. The van der Waals surface area contributed by atoms with Gasteiger partial charge in [0.2, 0.25) is 17.6 Å². The fourth-order valence-corrected chi connectivity index (χ4v) is 4.53. The van der Waals surface area contributed by atoms with Gasteiger partial charge in [-0.2, -0.15) is 0 Å². The van der Waals surface area contributed by atoms with E-state index in [0.29, 0.717) is 6.54 Å². The quantitative estimate of drug-likeness (QED) is 0.258. The van der Waals surface area contributed by atoms with Crippen molar-refractivity contribution in [1.82, 2.24) is 15.5 Å². The van der Waals surface area contributed by atoms with Crippen molar-refractivity contribution in [2.45, 2.75) is 65.6 Å². The van der Waals surface area contributed by atoms with Crippen molar-refractivity contribution >= 4 is 35.9 Å². The first-order valence-electron chi connectivity index (χ1n) is 11.0. The van der Waals surface area contributed by atoms with Crippen molar-refractivity contribution in [3.63, 3.8) is 0 Å². The number of piperidine rings is 1. The summed E-state index contributed by atoms with van der Waals surface area (Å²) < 4.78 is 0. The average molecular weight is 481 g/mol. The van der Waals surface area contributed by atoms with E-state index >= 15 is 0 Å². The van der Waals surface area contributed by atoms with Gasteiger partial charge in [0.1, 0.15) is 6.04 Å². The number of terminal acetylenes is 1. The molecule has 0 aromatic rings. The Bertz CT molecular complexity index is 842. The second-order valence-corrected chi connectivity index (χ2v) is 10.4. The highest BCUT2D eigenvalue weighted by molar-refractivity contribution is 6.38. The van der Waals surface area contributed by atoms with E-state index in [0.717, 1.165) is 0 Å². The SMILES string of the molecule is C#CCCC(NC(=O)[C@@H]1[C@@H]2[C@H](CN1C(=O)[C@@H](N)C(C)(C)C)C2(C)C)C(=O)C(=O)NCC=C.Cl. The second kappa shape index (κ2) is 10.7. The molecule has 8 nitrogen and oxygen atoms in total. The number of likely N-dealkylation sites (tertiary alicyclic amines) is 1. The molecule has 5 atom stereocenters. The minimum absolute atomic E-state index is 0. The number of ketones is 1. The number of carbonyl (C=O) groups is 4. The largest absolute Gasteiger partial charge is 0.346 e. The van der Waals surface area contributed by atoms with Crippen LogP contribution in [0.25, 0.3) is 0 Å². The van der Waals surface area contributed by atoms with E-state index in [1.165, 1.54) is 6.08 Å². The Hall–Kier alpha value is -2.37. The van der Waals surface area contributed by atoms with Crippen molar-refractivity contribution < 1.29 is 19.2 Å². The van der Waals surface area contributed by atoms with Gasteiger partial charge in [0, 0.05) is 19.5 Å². The first-order valence-corrected chi connectivity index (χ1v) is 11.0. The molecule has 2 aliphatic rings. The van der Waals surface area contributed by atoms with Gasteiger partial charge < -0.3 is 21.3 Å². The lowest BCUT2D eigenvalue weighted by Gasteiger charge is -2.36. The number of nitrogens with two attached hydrogens (primary N) is 1. The third-order valence-electron chi connectivity index (χ3n) is 6.80. The molecule has 2 rings (SSSR count). The van der Waals surface area contributed by atoms with Crippen LogP contribution >= 0.6 is 12.4 Å². The minimum atomic E-state index is -1.07. The number of carbonyl (C=O) groups excluding carboxylic acids is 4. The van der Waals surface area contributed by atoms with Crippen molar-refractivity contribution in [3.8, 4) is 12.3 Å². The molecule has 1 aliphatic heterocycles. The van der Waals surface area contributed by atoms with Gasteiger partial charge in [0.15, 0.2) is 0 Å². The molecular weight excluding hydrogens is 444 g/mol. The smallest absolute Gasteiger partial charge is 0.289 e. The van der Waals surface area contributed by atoms with Crippen LogP contribution in [-0.4, -0.2) is 59.6 Å². The number of hydrogen-bond donors (Lipinski definition) is 3. The standard InChI is InChI=1S/C24H36N4O4.ClH/c1-8-10-11-15(18(29)21(31)26-12-9-2)27-20(30)17-16-14(24(16,6)7)13-28(17)22(32)19(25)23(3,4)5;/h1,9,14-17,19H,2,10-13,25H2,3-7H3,(H,26,31)(H,27,30);1H/t14-,15?,16-,17-,19+;/m0./s1. The third-order valence-corrected chi connectivity index (χ3v) is 6.80. The highest BCUT2D eigenvalue weighted by atomic mass is 35.5. The molecule has 0 radical (unpaired) electrons. The van der Waals surface area contributed by atoms with Gasteiger partial charge in [-0.15, -0.1) is 31.3 Å². The first-order chi connectivity index (χ1) is 14.8. The molecule has 4 N–H and O–H groups in total. The van der Waals surface area contributed by atoms with E-state index in [4.69, 9.17) is 12.2 Å². The number of nitrogens with zero attached hydrogens (tertiary/aromatic N) is 1. The van der Waals surface area contributed by atoms with Gasteiger partial charge in [0.25, 0.3) is 5.91 Å². The van der Waals surface area contributed by atoms with Gasteiger partial charge in [-0.25, -0.2) is 0 Å². The Morgan fingerprint density at radius 1 is 1.30 bits per heavy atom. The zero-order valence-corrected chi connectivity index (χ0v) is 21.0. The molecule has 1 saturated heterocycles. The second-order valence-electron chi connectivity index (χ2n) is 10.4. The normalized spacial score (nSPS) is 24.3. The van der Waals surface area contributed by atoms with E-state index < -0.39 is 41.1 Å². The number of Topliss-reactive ketones (excluding diaryl/α,β-unsaturated/α-hetero) is 1. The van der Waals surface area contributed by atoms with Gasteiger partial charge in [-0.05, 0) is 29.1 Å². The van der Waals surface area contributed by atoms with Crippen LogP contribution in [0.3, 0.4) is 0 Å². The van der Waals surface area contributed by atoms with Crippen molar-refractivity contribution in [2.75, 3.05) is 13.1 Å². The maximum absolute atomic E-state index is 13.4. The Balaban J connectivity index is 0.00000544. The lowest BCUT2D eigenvalue weighted by Crippen LogP contribution is -2.59. The van der Waals surface area contributed by atoms with E-state index in [2.05, 4.69) is 37.0 Å². The lowest BCUT2D eigenvalue weighted by molar-refractivity contribution is -0.144. The summed E-state index contributed by atoms with van der Waals surface area (Å²) in [5.74, 6) is 0.265. The van der Waals surface area contributed by atoms with Crippen molar-refractivity contribution in [3.05, 3.63) is 12.7 Å². The van der Waals surface area contributed by atoms with Gasteiger partial charge in [-0.3, -0.25) is 19.2 Å². The van der Waals surface area contributed by atoms with Crippen molar-refractivity contribution in [2.24, 2.45) is 28.4 Å². The summed E-state index contributed by atoms with van der Waals surface area (Å²) in [6, 6.07) is -2.58. The summed E-state index contributed by atoms with van der Waals surface area (Å²) in [5.41, 5.74) is 5.65. The van der Waals surface area contributed by atoms with E-state index in [-0.39, 0.29) is 55.0 Å². The number of amides is 3. The fraction of sp³-hybridized carbons (Fsp3) is 0.667. The molecule has 1 heterocycles. The van der Waals surface area contributed by atoms with Crippen LogP contribution in [0.2, 0.25) is 0 Å². The molecule has 0 aromatic carbocycles. The maximum Gasteiger partial charge on any atom is 0.289 e. The van der Waals surface area contributed by atoms with Crippen LogP contribution in [0, 0.1) is 35.0 Å². The van der Waals surface area contributed by atoms with Gasteiger partial charge in [-0.1, -0.05) is 40.7 Å². The Labute approximate surface area is 202 Å². The molecule has 1 unspecified atom stereocenters. The first kappa shape index (κ1) is 28.7. The Morgan fingerprint density at radius 2 is 1.91 bits per heavy atom. The molecule has 2 fully saturated rings. The molecule has 1 aliphatic carbocycles. The molecule has 0 bridgehead atoms. The number of hydrogen-bond acceptors (Lipinski definition) is 5. The summed E-state index contributed by atoms with van der Waals surface area (Å²) >= 11 is 0. The topological polar surface area (TPSA) is 122 Å². The number of rotatable bonds is 9. The zero-order valence-electron chi connectivity index (χ0n) is 20.1. The number of fused-ring (bicyclic) bond motifs is 1. The maximum atomic E-state index is 13.4. The molecule has 184 valence electrons. The van der Waals surface area contributed by atoms with Crippen molar-refractivity contribution in [1.29, 1.82) is 0 Å². The molecule has 0 spiro atoms. The zero-order chi connectivity index (χ0) is 24.4. The van der Waals surface area contributed by atoms with E-state index in [1.54, 1.807) is 4.90 Å². The number of nitrogens with one attached hydrogen (secondary N) is 2. The fourth-order valence-electron chi connectivity index (χ4n) is 4.53. The summed E-state index contributed by atoms with van der Waals surface area (Å²) in [6.07, 6.45) is 7.13. The minimum Gasteiger partial charge on any atom is -0.346 e. The third kappa shape index (κ3) is 5.96. The molecule has 9 heteroatoms. The predicted octanol–water partition coefficient (Wildman–Crippen LogP) is 1.03. The van der Waals surface area contributed by atoms with Crippen LogP contribution in [-0.2, 0) is 19.2 Å². The highest BCUT2D eigenvalue weighted by Gasteiger charge is 2.69. The van der Waals surface area contributed by atoms with Crippen LogP contribution in [0.15, 0.2) is 12.7 Å². The van der Waals surface area contributed by atoms with E-state index in [9.17, 15) is 19.2 Å². The predicted molar refractivity (Wildman–Crippen MR) is 129 cm³/mol. The molecular formula is C24H37ClN4O4. The van der Waals surface area contributed by atoms with Crippen LogP contribution in [0.1, 0.15) is 47.5 Å². The summed E-state index contributed by atoms with van der Waals surface area (Å²) in [5, 5.41) is 5.13. The summed E-state index contributed by atoms with van der Waals surface area (Å²) in [7, 11) is 0. The highest BCUT2D eigenvalue weighted by Crippen LogP contribution is 2.65. The molecule has 33 heavy (non-hydrogen) atoms. The van der Waals surface area contributed by atoms with E-state index in [1.807, 2.05) is 20.8 Å². The summed E-state index contributed by atoms with van der Waals surface area (Å²) in [6.45, 7) is 13.8. The average Bonchev–Trinajstić information content (AvgIpc) is 3.05. The monoisotopic (exact) mass is 480 g/mol. The Morgan fingerprint density at radius 3 is 2.42 bits per heavy atom. The Kier molecular flexibility index (Phi) is 9.30. The van der Waals surface area contributed by atoms with Crippen LogP contribution in [0.5, 0.6) is 0 Å².